The van der Waals surface area contributed by atoms with Gasteiger partial charge in [-0.2, -0.15) is 0 Å². The zero-order valence-electron chi connectivity index (χ0n) is 37.3. The molecule has 4 N–H and O–H groups in total. The normalized spacial score (nSPS) is 20.0. The molecule has 6 atom stereocenters. The lowest BCUT2D eigenvalue weighted by Crippen LogP contribution is -2.52. The number of hydrogen-bond acceptors (Lipinski definition) is 10. The number of likely N-dealkylation sites (tertiary alicyclic amines) is 2. The average Bonchev–Trinajstić information content (AvgIpc) is 4.15. The van der Waals surface area contributed by atoms with Crippen molar-refractivity contribution in [1.29, 1.82) is 0 Å². The summed E-state index contributed by atoms with van der Waals surface area (Å²) in [6, 6.07) is 21.3. The van der Waals surface area contributed by atoms with Crippen LogP contribution in [0.2, 0.25) is 0 Å². The van der Waals surface area contributed by atoms with Gasteiger partial charge in [0.2, 0.25) is 5.91 Å². The van der Waals surface area contributed by atoms with Crippen LogP contribution in [0.5, 0.6) is 5.75 Å². The number of carbonyl (C=O) groups excluding carboxylic acids is 4. The van der Waals surface area contributed by atoms with Gasteiger partial charge in [0, 0.05) is 48.3 Å². The van der Waals surface area contributed by atoms with Gasteiger partial charge < -0.3 is 49.3 Å². The van der Waals surface area contributed by atoms with Gasteiger partial charge in [0.1, 0.15) is 36.1 Å². The molecule has 5 heterocycles. The summed E-state index contributed by atoms with van der Waals surface area (Å²) in [5.41, 5.74) is 6.99. The van der Waals surface area contributed by atoms with Crippen LogP contribution in [0.3, 0.4) is 0 Å². The average molecular weight is 883 g/mol. The molecule has 6 aromatic rings. The first kappa shape index (κ1) is 43.3. The number of fused-ring (bicyclic) bond motifs is 6. The summed E-state index contributed by atoms with van der Waals surface area (Å²) < 4.78 is 21.7. The Labute approximate surface area is 376 Å². The number of benzene rings is 4. The van der Waals surface area contributed by atoms with Crippen molar-refractivity contribution in [2.75, 3.05) is 34.5 Å². The minimum Gasteiger partial charge on any atom is -0.488 e. The van der Waals surface area contributed by atoms with Gasteiger partial charge in [-0.1, -0.05) is 62.4 Å². The van der Waals surface area contributed by atoms with E-state index in [0.717, 1.165) is 68.3 Å². The molecule has 0 radical (unpaired) electrons. The van der Waals surface area contributed by atoms with Crippen LogP contribution in [0.15, 0.2) is 79.0 Å². The molecule has 338 valence electrons. The third kappa shape index (κ3) is 8.22. The molecule has 16 heteroatoms. The van der Waals surface area contributed by atoms with E-state index in [9.17, 15) is 19.2 Å². The molecule has 4 amide bonds. The fourth-order valence-corrected chi connectivity index (χ4v) is 9.83. The first-order valence-electron chi connectivity index (χ1n) is 22.1. The number of nitrogens with one attached hydrogen (secondary N) is 4. The molecular weight excluding hydrogens is 829 g/mol. The van der Waals surface area contributed by atoms with Crippen molar-refractivity contribution >= 4 is 45.8 Å². The van der Waals surface area contributed by atoms with Crippen molar-refractivity contribution in [1.82, 2.24) is 40.4 Å². The summed E-state index contributed by atoms with van der Waals surface area (Å²) in [5, 5.41) is 7.42. The summed E-state index contributed by atoms with van der Waals surface area (Å²) in [6.07, 6.45) is 2.73. The molecule has 0 spiro atoms. The van der Waals surface area contributed by atoms with E-state index in [1.54, 1.807) is 12.0 Å². The molecule has 9 rings (SSSR count). The van der Waals surface area contributed by atoms with Crippen molar-refractivity contribution < 1.29 is 38.1 Å². The Morgan fingerprint density at radius 1 is 0.862 bits per heavy atom. The first-order valence-corrected chi connectivity index (χ1v) is 22.1. The molecule has 1 unspecified atom stereocenters. The van der Waals surface area contributed by atoms with E-state index < -0.39 is 30.3 Å². The smallest absolute Gasteiger partial charge is 0.407 e. The van der Waals surface area contributed by atoms with Crippen LogP contribution >= 0.6 is 0 Å². The Morgan fingerprint density at radius 3 is 2.40 bits per heavy atom. The van der Waals surface area contributed by atoms with Gasteiger partial charge in [0.05, 0.1) is 49.6 Å². The number of carbonyl (C=O) groups is 4. The number of aromatic amines is 2. The minimum absolute atomic E-state index is 0.0242. The topological polar surface area (TPSA) is 193 Å². The Hall–Kier alpha value is -6.94. The maximum atomic E-state index is 14.4. The lowest BCUT2D eigenvalue weighted by Gasteiger charge is -2.32. The summed E-state index contributed by atoms with van der Waals surface area (Å²) in [4.78, 5) is 73.6. The predicted molar refractivity (Wildman–Crippen MR) is 243 cm³/mol. The van der Waals surface area contributed by atoms with Crippen LogP contribution < -0.4 is 15.4 Å². The van der Waals surface area contributed by atoms with E-state index in [-0.39, 0.29) is 35.7 Å². The number of hydrogen-bond donors (Lipinski definition) is 4. The molecule has 0 bridgehead atoms. The van der Waals surface area contributed by atoms with Crippen LogP contribution in [0, 0.1) is 11.8 Å². The SMILES string of the molecule is COC[C@H]1C[C@@H](c2nc3ccc4cc5c(cc4c3[nH]2)OCc2cc(-c3c[nH]c([C@@H]4CC[C@H](C)N4C(=O)C(NC(=O)OC)C(C)C)n3)ccc2-5)N(C(=O)[C@H](NC(=O)OC)c2ccccc2)C1. The maximum absolute atomic E-state index is 14.4. The summed E-state index contributed by atoms with van der Waals surface area (Å²) in [5.74, 6) is 1.61. The fourth-order valence-electron chi connectivity index (χ4n) is 9.83. The zero-order chi connectivity index (χ0) is 45.5. The Morgan fingerprint density at radius 2 is 1.65 bits per heavy atom. The Kier molecular flexibility index (Phi) is 11.9. The van der Waals surface area contributed by atoms with Crippen LogP contribution in [-0.4, -0.2) is 100 Å². The molecule has 3 aliphatic rings. The van der Waals surface area contributed by atoms with E-state index >= 15 is 0 Å². The van der Waals surface area contributed by atoms with Gasteiger partial charge in [-0.3, -0.25) is 9.59 Å². The van der Waals surface area contributed by atoms with Gasteiger partial charge >= 0.3 is 12.2 Å². The Balaban J connectivity index is 0.981. The lowest BCUT2D eigenvalue weighted by molar-refractivity contribution is -0.137. The van der Waals surface area contributed by atoms with Gasteiger partial charge in [-0.05, 0) is 78.4 Å². The minimum atomic E-state index is -0.956. The summed E-state index contributed by atoms with van der Waals surface area (Å²) >= 11 is 0. The highest BCUT2D eigenvalue weighted by Crippen LogP contribution is 2.44. The molecule has 16 nitrogen and oxygen atoms in total. The van der Waals surface area contributed by atoms with Crippen LogP contribution in [0.4, 0.5) is 9.59 Å². The zero-order valence-corrected chi connectivity index (χ0v) is 37.3. The number of methoxy groups -OCH3 is 3. The van der Waals surface area contributed by atoms with Crippen molar-refractivity contribution in [3.63, 3.8) is 0 Å². The lowest BCUT2D eigenvalue weighted by atomic mass is 9.92. The number of aromatic nitrogens is 4. The molecule has 2 saturated heterocycles. The number of nitrogens with zero attached hydrogens (tertiary/aromatic N) is 4. The van der Waals surface area contributed by atoms with Gasteiger partial charge in [-0.25, -0.2) is 19.6 Å². The standard InChI is InChI=1S/C49H54N8O8/c1-26(2)41(54-48(60)63-5)47(59)57-27(3)12-17-38(57)44-50-22-37(52-44)31-13-15-33-32(19-31)25-65-40-21-34-30(20-35(33)40)14-16-36-43(34)53-45(51-36)39-18-28(24-62-4)23-56(39)46(58)42(55-49(61)64-6)29-10-8-7-9-11-29/h7-11,13-16,19-22,26-28,38-39,41-42H,12,17-18,23-25H2,1-6H3,(H,50,52)(H,51,53)(H,54,60)(H,55,61)/t27-,28-,38-,39-,41?,42+/m0/s1. The van der Waals surface area contributed by atoms with Crippen LogP contribution in [0.1, 0.15) is 80.9 Å². The first-order chi connectivity index (χ1) is 31.5. The molecule has 65 heavy (non-hydrogen) atoms. The van der Waals surface area contributed by atoms with Crippen LogP contribution in [-0.2, 0) is 30.4 Å². The van der Waals surface area contributed by atoms with E-state index in [2.05, 4.69) is 57.0 Å². The van der Waals surface area contributed by atoms with Crippen LogP contribution in [0.25, 0.3) is 44.2 Å². The molecule has 3 aliphatic heterocycles. The van der Waals surface area contributed by atoms with E-state index in [4.69, 9.17) is 28.9 Å². The van der Waals surface area contributed by atoms with Crippen molar-refractivity contribution in [2.45, 2.75) is 76.8 Å². The van der Waals surface area contributed by atoms with E-state index in [0.29, 0.717) is 43.4 Å². The fraction of sp³-hybridized carbons (Fsp3) is 0.388. The highest BCUT2D eigenvalue weighted by molar-refractivity contribution is 6.07. The quantitative estimate of drug-likeness (QED) is 0.100. The maximum Gasteiger partial charge on any atom is 0.407 e. The molecular formula is C49H54N8O8. The van der Waals surface area contributed by atoms with Gasteiger partial charge in [0.15, 0.2) is 0 Å². The number of ether oxygens (including phenoxy) is 4. The van der Waals surface area contributed by atoms with Gasteiger partial charge in [0.25, 0.3) is 5.91 Å². The van der Waals surface area contributed by atoms with Gasteiger partial charge in [-0.15, -0.1) is 0 Å². The molecule has 0 aliphatic carbocycles. The second-order valence-electron chi connectivity index (χ2n) is 17.6. The summed E-state index contributed by atoms with van der Waals surface area (Å²) in [7, 11) is 4.22. The molecule has 4 aromatic carbocycles. The highest BCUT2D eigenvalue weighted by Gasteiger charge is 2.43. The third-order valence-corrected chi connectivity index (χ3v) is 13.1. The molecule has 2 aromatic heterocycles. The van der Waals surface area contributed by atoms with Crippen molar-refractivity contribution in [3.8, 4) is 28.1 Å². The number of rotatable bonds is 11. The molecule has 2 fully saturated rings. The largest absolute Gasteiger partial charge is 0.488 e. The predicted octanol–water partition coefficient (Wildman–Crippen LogP) is 7.73. The van der Waals surface area contributed by atoms with E-state index in [1.165, 1.54) is 14.2 Å². The number of amides is 4. The third-order valence-electron chi connectivity index (χ3n) is 13.1. The van der Waals surface area contributed by atoms with Crippen molar-refractivity contribution in [2.24, 2.45) is 11.8 Å². The number of H-pyrrole nitrogens is 2. The highest BCUT2D eigenvalue weighted by atomic mass is 16.5. The Bertz CT molecular complexity index is 2770. The monoisotopic (exact) mass is 882 g/mol. The second-order valence-corrected chi connectivity index (χ2v) is 17.6. The molecule has 0 saturated carbocycles. The van der Waals surface area contributed by atoms with E-state index in [1.807, 2.05) is 68.3 Å². The number of imidazole rings is 2. The number of alkyl carbamates (subject to hydrolysis) is 2. The second kappa shape index (κ2) is 17.9. The summed E-state index contributed by atoms with van der Waals surface area (Å²) in [6.45, 7) is 7.09. The van der Waals surface area contributed by atoms with Crippen molar-refractivity contribution in [3.05, 3.63) is 102 Å².